The highest BCUT2D eigenvalue weighted by Crippen LogP contribution is 2.28. The SMILES string of the molecule is CCC(C)(C)C(Cc1ccc(Br)cc1F)NN. The van der Waals surface area contributed by atoms with Gasteiger partial charge < -0.3 is 0 Å². The molecule has 0 aromatic heterocycles. The lowest BCUT2D eigenvalue weighted by molar-refractivity contribution is 0.230. The maximum absolute atomic E-state index is 13.7. The van der Waals surface area contributed by atoms with Gasteiger partial charge in [0.15, 0.2) is 0 Å². The van der Waals surface area contributed by atoms with Gasteiger partial charge in [0.1, 0.15) is 5.82 Å². The van der Waals surface area contributed by atoms with Crippen LogP contribution in [0.4, 0.5) is 4.39 Å². The average molecular weight is 303 g/mol. The van der Waals surface area contributed by atoms with Gasteiger partial charge in [0, 0.05) is 10.5 Å². The number of benzene rings is 1. The number of rotatable bonds is 5. The Labute approximate surface area is 111 Å². The largest absolute Gasteiger partial charge is 0.271 e. The first kappa shape index (κ1) is 14.6. The Hall–Kier alpha value is -0.450. The lowest BCUT2D eigenvalue weighted by Crippen LogP contribution is -2.47. The lowest BCUT2D eigenvalue weighted by atomic mass is 9.79. The Kier molecular flexibility index (Phi) is 5.10. The van der Waals surface area contributed by atoms with Gasteiger partial charge in [-0.25, -0.2) is 4.39 Å². The second kappa shape index (κ2) is 5.94. The molecule has 1 rings (SSSR count). The molecule has 0 aliphatic carbocycles. The van der Waals surface area contributed by atoms with E-state index in [0.717, 1.165) is 10.9 Å². The van der Waals surface area contributed by atoms with Crippen LogP contribution in [0, 0.1) is 11.2 Å². The van der Waals surface area contributed by atoms with Gasteiger partial charge in [-0.1, -0.05) is 42.8 Å². The molecule has 96 valence electrons. The molecule has 3 N–H and O–H groups in total. The van der Waals surface area contributed by atoms with Gasteiger partial charge in [-0.05, 0) is 36.0 Å². The topological polar surface area (TPSA) is 38.0 Å². The van der Waals surface area contributed by atoms with E-state index >= 15 is 0 Å². The third-order valence-electron chi connectivity index (χ3n) is 3.49. The molecule has 1 unspecified atom stereocenters. The number of hydrogen-bond acceptors (Lipinski definition) is 2. The van der Waals surface area contributed by atoms with Crippen molar-refractivity contribution >= 4 is 15.9 Å². The molecule has 0 aliphatic rings. The second-order valence-corrected chi connectivity index (χ2v) is 5.92. The summed E-state index contributed by atoms with van der Waals surface area (Å²) in [6.45, 7) is 6.38. The Morgan fingerprint density at radius 3 is 2.59 bits per heavy atom. The van der Waals surface area contributed by atoms with Crippen LogP contribution in [0.2, 0.25) is 0 Å². The summed E-state index contributed by atoms with van der Waals surface area (Å²) in [6, 6.07) is 5.20. The van der Waals surface area contributed by atoms with Crippen LogP contribution in [-0.4, -0.2) is 6.04 Å². The van der Waals surface area contributed by atoms with Crippen LogP contribution in [-0.2, 0) is 6.42 Å². The van der Waals surface area contributed by atoms with E-state index in [1.165, 1.54) is 6.07 Å². The monoisotopic (exact) mass is 302 g/mol. The number of hydrazine groups is 1. The quantitative estimate of drug-likeness (QED) is 0.646. The van der Waals surface area contributed by atoms with E-state index in [-0.39, 0.29) is 17.3 Å². The maximum atomic E-state index is 13.7. The van der Waals surface area contributed by atoms with E-state index in [0.29, 0.717) is 12.0 Å². The van der Waals surface area contributed by atoms with Gasteiger partial charge in [-0.15, -0.1) is 0 Å². The molecule has 0 amide bonds. The summed E-state index contributed by atoms with van der Waals surface area (Å²) in [4.78, 5) is 0. The standard InChI is InChI=1S/C13H20BrFN2/c1-4-13(2,3)12(17-16)7-9-5-6-10(14)8-11(9)15/h5-6,8,12,17H,4,7,16H2,1-3H3. The van der Waals surface area contributed by atoms with Crippen molar-refractivity contribution < 1.29 is 4.39 Å². The predicted octanol–water partition coefficient (Wildman–Crippen LogP) is 3.40. The van der Waals surface area contributed by atoms with Crippen LogP contribution in [0.15, 0.2) is 22.7 Å². The molecule has 0 saturated heterocycles. The first-order chi connectivity index (χ1) is 7.90. The number of halogens is 2. The molecule has 2 nitrogen and oxygen atoms in total. The van der Waals surface area contributed by atoms with Crippen molar-refractivity contribution in [3.8, 4) is 0 Å². The zero-order chi connectivity index (χ0) is 13.1. The minimum Gasteiger partial charge on any atom is -0.271 e. The summed E-state index contributed by atoms with van der Waals surface area (Å²) in [5.74, 6) is 5.39. The Morgan fingerprint density at radius 1 is 1.47 bits per heavy atom. The molecule has 1 atom stereocenters. The van der Waals surface area contributed by atoms with Crippen molar-refractivity contribution in [2.75, 3.05) is 0 Å². The molecule has 4 heteroatoms. The van der Waals surface area contributed by atoms with Crippen molar-refractivity contribution in [1.82, 2.24) is 5.43 Å². The van der Waals surface area contributed by atoms with Gasteiger partial charge in [0.05, 0.1) is 0 Å². The fourth-order valence-corrected chi connectivity index (χ4v) is 2.05. The highest BCUT2D eigenvalue weighted by molar-refractivity contribution is 9.10. The molecule has 0 bridgehead atoms. The zero-order valence-electron chi connectivity index (χ0n) is 10.6. The molecule has 17 heavy (non-hydrogen) atoms. The van der Waals surface area contributed by atoms with Crippen LogP contribution < -0.4 is 11.3 Å². The van der Waals surface area contributed by atoms with Crippen LogP contribution in [0.1, 0.15) is 32.8 Å². The predicted molar refractivity (Wildman–Crippen MR) is 73.0 cm³/mol. The van der Waals surface area contributed by atoms with Gasteiger partial charge in [-0.3, -0.25) is 11.3 Å². The number of nitrogens with two attached hydrogens (primary N) is 1. The second-order valence-electron chi connectivity index (χ2n) is 5.00. The number of hydrogen-bond donors (Lipinski definition) is 2. The van der Waals surface area contributed by atoms with E-state index in [9.17, 15) is 4.39 Å². The molecule has 1 aromatic carbocycles. The molecule has 0 aliphatic heterocycles. The van der Waals surface area contributed by atoms with Crippen molar-refractivity contribution in [2.24, 2.45) is 11.3 Å². The van der Waals surface area contributed by atoms with Crippen molar-refractivity contribution in [2.45, 2.75) is 39.7 Å². The van der Waals surface area contributed by atoms with Gasteiger partial charge in [0.2, 0.25) is 0 Å². The fraction of sp³-hybridized carbons (Fsp3) is 0.538. The zero-order valence-corrected chi connectivity index (χ0v) is 12.1. The number of nitrogens with one attached hydrogen (secondary N) is 1. The summed E-state index contributed by atoms with van der Waals surface area (Å²) < 4.78 is 14.5. The summed E-state index contributed by atoms with van der Waals surface area (Å²) >= 11 is 3.25. The molecular weight excluding hydrogens is 283 g/mol. The third kappa shape index (κ3) is 3.76. The van der Waals surface area contributed by atoms with Crippen LogP contribution in [0.25, 0.3) is 0 Å². The van der Waals surface area contributed by atoms with Crippen molar-refractivity contribution in [3.05, 3.63) is 34.1 Å². The Bertz CT molecular complexity index is 380. The Morgan fingerprint density at radius 2 is 2.12 bits per heavy atom. The van der Waals surface area contributed by atoms with Gasteiger partial charge in [0.25, 0.3) is 0 Å². The molecule has 0 fully saturated rings. The molecule has 0 saturated carbocycles. The first-order valence-corrected chi connectivity index (χ1v) is 6.60. The smallest absolute Gasteiger partial charge is 0.127 e. The molecule has 0 spiro atoms. The highest BCUT2D eigenvalue weighted by Gasteiger charge is 2.27. The summed E-state index contributed by atoms with van der Waals surface area (Å²) in [5, 5.41) is 0. The van der Waals surface area contributed by atoms with Gasteiger partial charge in [-0.2, -0.15) is 0 Å². The first-order valence-electron chi connectivity index (χ1n) is 5.80. The van der Waals surface area contributed by atoms with Crippen molar-refractivity contribution in [1.29, 1.82) is 0 Å². The molecule has 1 aromatic rings. The summed E-state index contributed by atoms with van der Waals surface area (Å²) in [7, 11) is 0. The van der Waals surface area contributed by atoms with Crippen molar-refractivity contribution in [3.63, 3.8) is 0 Å². The Balaban J connectivity index is 2.88. The highest BCUT2D eigenvalue weighted by atomic mass is 79.9. The van der Waals surface area contributed by atoms with Crippen LogP contribution in [0.3, 0.4) is 0 Å². The third-order valence-corrected chi connectivity index (χ3v) is 3.99. The minimum absolute atomic E-state index is 0.0360. The van der Waals surface area contributed by atoms with E-state index in [2.05, 4.69) is 42.1 Å². The summed E-state index contributed by atoms with van der Waals surface area (Å²) in [6.07, 6.45) is 1.58. The van der Waals surface area contributed by atoms with Crippen LogP contribution >= 0.6 is 15.9 Å². The summed E-state index contributed by atoms with van der Waals surface area (Å²) in [5.41, 5.74) is 3.53. The molecule has 0 heterocycles. The average Bonchev–Trinajstić information content (AvgIpc) is 2.27. The van der Waals surface area contributed by atoms with E-state index in [4.69, 9.17) is 5.84 Å². The van der Waals surface area contributed by atoms with E-state index < -0.39 is 0 Å². The maximum Gasteiger partial charge on any atom is 0.127 e. The van der Waals surface area contributed by atoms with Gasteiger partial charge >= 0.3 is 0 Å². The minimum atomic E-state index is -0.188. The lowest BCUT2D eigenvalue weighted by Gasteiger charge is -2.33. The fourth-order valence-electron chi connectivity index (χ4n) is 1.71. The molecular formula is C13H20BrFN2. The van der Waals surface area contributed by atoms with Crippen LogP contribution in [0.5, 0.6) is 0 Å². The molecule has 0 radical (unpaired) electrons. The van der Waals surface area contributed by atoms with E-state index in [1.807, 2.05) is 6.07 Å². The van der Waals surface area contributed by atoms with E-state index in [1.54, 1.807) is 6.07 Å². The normalized spacial score (nSPS) is 13.8.